The summed E-state index contributed by atoms with van der Waals surface area (Å²) in [5.41, 5.74) is 0. The van der Waals surface area contributed by atoms with Crippen LogP contribution in [0.4, 0.5) is 0 Å². The first-order valence-corrected chi connectivity index (χ1v) is 4.97. The van der Waals surface area contributed by atoms with Crippen LogP contribution in [0.5, 0.6) is 11.5 Å². The van der Waals surface area contributed by atoms with Crippen molar-refractivity contribution >= 4 is 0 Å². The van der Waals surface area contributed by atoms with Gasteiger partial charge in [0, 0.05) is 12.5 Å². The lowest BCUT2D eigenvalue weighted by atomic mass is 10.1. The zero-order valence-corrected chi connectivity index (χ0v) is 8.07. The Labute approximate surface area is 83.7 Å². The van der Waals surface area contributed by atoms with E-state index in [-0.39, 0.29) is 5.75 Å². The van der Waals surface area contributed by atoms with Crippen molar-refractivity contribution in [3.63, 3.8) is 0 Å². The lowest BCUT2D eigenvalue weighted by Crippen LogP contribution is -2.15. The highest BCUT2D eigenvalue weighted by atomic mass is 16.5. The molecule has 1 fully saturated rings. The fourth-order valence-corrected chi connectivity index (χ4v) is 1.61. The summed E-state index contributed by atoms with van der Waals surface area (Å²) in [5.74, 6) is 1.73. The van der Waals surface area contributed by atoms with Crippen molar-refractivity contribution in [1.29, 1.82) is 0 Å². The van der Waals surface area contributed by atoms with Crippen LogP contribution >= 0.6 is 0 Å². The Morgan fingerprint density at radius 3 is 2.79 bits per heavy atom. The lowest BCUT2D eigenvalue weighted by molar-refractivity contribution is 0.260. The number of benzene rings is 1. The van der Waals surface area contributed by atoms with Gasteiger partial charge in [-0.25, -0.2) is 0 Å². The molecule has 2 N–H and O–H groups in total. The minimum absolute atomic E-state index is 0.278. The van der Waals surface area contributed by atoms with E-state index in [0.717, 1.165) is 25.4 Å². The quantitative estimate of drug-likeness (QED) is 0.762. The molecule has 2 rings (SSSR count). The predicted octanol–water partition coefficient (Wildman–Crippen LogP) is 1.38. The van der Waals surface area contributed by atoms with E-state index in [2.05, 4.69) is 5.32 Å². The van der Waals surface area contributed by atoms with Gasteiger partial charge in [-0.1, -0.05) is 0 Å². The van der Waals surface area contributed by atoms with Crippen molar-refractivity contribution in [2.45, 2.75) is 6.42 Å². The Kier molecular flexibility index (Phi) is 2.89. The summed E-state index contributed by atoms with van der Waals surface area (Å²) in [7, 11) is 0. The number of hydrogen-bond donors (Lipinski definition) is 2. The molecule has 1 heterocycles. The third kappa shape index (κ3) is 2.39. The number of ether oxygens (including phenoxy) is 1. The molecule has 0 amide bonds. The number of aromatic hydroxyl groups is 1. The van der Waals surface area contributed by atoms with Crippen LogP contribution in [-0.4, -0.2) is 24.8 Å². The Morgan fingerprint density at radius 1 is 1.36 bits per heavy atom. The first-order chi connectivity index (χ1) is 6.84. The monoisotopic (exact) mass is 193 g/mol. The predicted molar refractivity (Wildman–Crippen MR) is 54.6 cm³/mol. The highest BCUT2D eigenvalue weighted by Crippen LogP contribution is 2.17. The van der Waals surface area contributed by atoms with Gasteiger partial charge in [-0.15, -0.1) is 0 Å². The smallest absolute Gasteiger partial charge is 0.119 e. The molecule has 76 valence electrons. The molecule has 0 radical (unpaired) electrons. The molecule has 0 bridgehead atoms. The zero-order valence-electron chi connectivity index (χ0n) is 8.07. The van der Waals surface area contributed by atoms with Crippen molar-refractivity contribution in [3.05, 3.63) is 24.3 Å². The van der Waals surface area contributed by atoms with Gasteiger partial charge in [-0.05, 0) is 37.2 Å². The molecule has 1 aromatic rings. The van der Waals surface area contributed by atoms with Gasteiger partial charge in [-0.2, -0.15) is 0 Å². The highest BCUT2D eigenvalue weighted by Gasteiger charge is 2.14. The van der Waals surface area contributed by atoms with Crippen LogP contribution in [0, 0.1) is 5.92 Å². The standard InChI is InChI=1S/C11H15NO2/c13-10-1-3-11(4-2-10)14-8-9-5-6-12-7-9/h1-4,9,12-13H,5-8H2. The van der Waals surface area contributed by atoms with Crippen LogP contribution < -0.4 is 10.1 Å². The van der Waals surface area contributed by atoms with E-state index in [0.29, 0.717) is 5.92 Å². The SMILES string of the molecule is Oc1ccc(OCC2CCNC2)cc1. The molecule has 1 saturated heterocycles. The maximum absolute atomic E-state index is 9.07. The van der Waals surface area contributed by atoms with Crippen molar-refractivity contribution in [2.75, 3.05) is 19.7 Å². The molecule has 1 aromatic carbocycles. The number of nitrogens with one attached hydrogen (secondary N) is 1. The van der Waals surface area contributed by atoms with E-state index in [4.69, 9.17) is 9.84 Å². The summed E-state index contributed by atoms with van der Waals surface area (Å²) in [6.07, 6.45) is 1.19. The van der Waals surface area contributed by atoms with Gasteiger partial charge in [-0.3, -0.25) is 0 Å². The van der Waals surface area contributed by atoms with Crippen LogP contribution in [0.25, 0.3) is 0 Å². The molecule has 0 saturated carbocycles. The summed E-state index contributed by atoms with van der Waals surface area (Å²) in [5, 5.41) is 12.4. The third-order valence-electron chi connectivity index (χ3n) is 2.48. The van der Waals surface area contributed by atoms with Gasteiger partial charge in [0.1, 0.15) is 11.5 Å². The molecule has 1 unspecified atom stereocenters. The van der Waals surface area contributed by atoms with Crippen molar-refractivity contribution in [2.24, 2.45) is 5.92 Å². The number of rotatable bonds is 3. The topological polar surface area (TPSA) is 41.5 Å². The minimum Gasteiger partial charge on any atom is -0.508 e. The Balaban J connectivity index is 1.82. The van der Waals surface area contributed by atoms with E-state index in [1.54, 1.807) is 24.3 Å². The number of phenolic OH excluding ortho intramolecular Hbond substituents is 1. The Hall–Kier alpha value is -1.22. The third-order valence-corrected chi connectivity index (χ3v) is 2.48. The molecule has 0 spiro atoms. The zero-order chi connectivity index (χ0) is 9.80. The van der Waals surface area contributed by atoms with Crippen molar-refractivity contribution in [1.82, 2.24) is 5.32 Å². The second-order valence-electron chi connectivity index (χ2n) is 3.66. The molecule has 14 heavy (non-hydrogen) atoms. The van der Waals surface area contributed by atoms with E-state index in [1.807, 2.05) is 0 Å². The van der Waals surface area contributed by atoms with Crippen LogP contribution in [-0.2, 0) is 0 Å². The molecule has 3 heteroatoms. The molecular weight excluding hydrogens is 178 g/mol. The van der Waals surface area contributed by atoms with E-state index in [9.17, 15) is 0 Å². The minimum atomic E-state index is 0.278. The fraction of sp³-hybridized carbons (Fsp3) is 0.455. The van der Waals surface area contributed by atoms with E-state index in [1.165, 1.54) is 6.42 Å². The fourth-order valence-electron chi connectivity index (χ4n) is 1.61. The van der Waals surface area contributed by atoms with Gasteiger partial charge in [0.2, 0.25) is 0 Å². The first-order valence-electron chi connectivity index (χ1n) is 4.97. The van der Waals surface area contributed by atoms with Crippen LogP contribution in [0.2, 0.25) is 0 Å². The summed E-state index contributed by atoms with van der Waals surface area (Å²) < 4.78 is 5.59. The van der Waals surface area contributed by atoms with E-state index >= 15 is 0 Å². The molecule has 0 aromatic heterocycles. The number of hydrogen-bond acceptors (Lipinski definition) is 3. The average molecular weight is 193 g/mol. The van der Waals surface area contributed by atoms with Gasteiger partial charge >= 0.3 is 0 Å². The summed E-state index contributed by atoms with van der Waals surface area (Å²) >= 11 is 0. The molecule has 1 aliphatic rings. The highest BCUT2D eigenvalue weighted by molar-refractivity contribution is 5.30. The second kappa shape index (κ2) is 4.33. The Morgan fingerprint density at radius 2 is 2.14 bits per heavy atom. The molecule has 0 aliphatic carbocycles. The first kappa shape index (κ1) is 9.34. The van der Waals surface area contributed by atoms with Gasteiger partial charge in [0.15, 0.2) is 0 Å². The summed E-state index contributed by atoms with van der Waals surface area (Å²) in [4.78, 5) is 0. The molecule has 3 nitrogen and oxygen atoms in total. The largest absolute Gasteiger partial charge is 0.508 e. The van der Waals surface area contributed by atoms with Crippen LogP contribution in [0.3, 0.4) is 0 Å². The van der Waals surface area contributed by atoms with Crippen LogP contribution in [0.15, 0.2) is 24.3 Å². The summed E-state index contributed by atoms with van der Waals surface area (Å²) in [6, 6.07) is 6.86. The van der Waals surface area contributed by atoms with Gasteiger partial charge in [0.05, 0.1) is 6.61 Å². The summed E-state index contributed by atoms with van der Waals surface area (Å²) in [6.45, 7) is 2.92. The van der Waals surface area contributed by atoms with Gasteiger partial charge in [0.25, 0.3) is 0 Å². The average Bonchev–Trinajstić information content (AvgIpc) is 2.70. The Bertz CT molecular complexity index is 278. The lowest BCUT2D eigenvalue weighted by Gasteiger charge is -2.10. The molecule has 1 atom stereocenters. The maximum Gasteiger partial charge on any atom is 0.119 e. The van der Waals surface area contributed by atoms with E-state index < -0.39 is 0 Å². The second-order valence-corrected chi connectivity index (χ2v) is 3.66. The normalized spacial score (nSPS) is 21.0. The molecule has 1 aliphatic heterocycles. The van der Waals surface area contributed by atoms with Crippen molar-refractivity contribution in [3.8, 4) is 11.5 Å². The van der Waals surface area contributed by atoms with Crippen molar-refractivity contribution < 1.29 is 9.84 Å². The number of phenols is 1. The molecular formula is C11H15NO2. The van der Waals surface area contributed by atoms with Gasteiger partial charge < -0.3 is 15.2 Å². The maximum atomic E-state index is 9.07. The van der Waals surface area contributed by atoms with Crippen LogP contribution in [0.1, 0.15) is 6.42 Å².